The zero-order valence-corrected chi connectivity index (χ0v) is 9.56. The molecule has 0 aromatic heterocycles. The summed E-state index contributed by atoms with van der Waals surface area (Å²) in [5.41, 5.74) is 11.5. The molecule has 0 saturated carbocycles. The van der Waals surface area contributed by atoms with Gasteiger partial charge >= 0.3 is 0 Å². The highest BCUT2D eigenvalue weighted by atomic mass is 15.1. The number of hydrogen-bond donors (Lipinski definition) is 0. The number of hydrogen-bond acceptors (Lipinski definition) is 2. The van der Waals surface area contributed by atoms with Gasteiger partial charge in [-0.25, -0.2) is 0 Å². The standard InChI is InChI=1S/C12H16N4/c1-10-9-11(14-15-13)5-6-12(10)16-7-3-2-4-8-16/h5-6,9H,2-4,7-8H2,1H3. The van der Waals surface area contributed by atoms with E-state index < -0.39 is 0 Å². The quantitative estimate of drug-likeness (QED) is 0.420. The van der Waals surface area contributed by atoms with Gasteiger partial charge in [-0.1, -0.05) is 11.2 Å². The number of benzene rings is 1. The summed E-state index contributed by atoms with van der Waals surface area (Å²) >= 11 is 0. The molecule has 1 aromatic carbocycles. The largest absolute Gasteiger partial charge is 0.371 e. The van der Waals surface area contributed by atoms with Crippen LogP contribution >= 0.6 is 0 Å². The van der Waals surface area contributed by atoms with Crippen molar-refractivity contribution < 1.29 is 0 Å². The van der Waals surface area contributed by atoms with Crippen molar-refractivity contribution >= 4 is 11.4 Å². The van der Waals surface area contributed by atoms with Crippen LogP contribution in [0.3, 0.4) is 0 Å². The zero-order valence-electron chi connectivity index (χ0n) is 9.56. The van der Waals surface area contributed by atoms with Crippen molar-refractivity contribution in [2.45, 2.75) is 26.2 Å². The Labute approximate surface area is 95.5 Å². The first-order chi connectivity index (χ1) is 7.81. The summed E-state index contributed by atoms with van der Waals surface area (Å²) < 4.78 is 0. The molecular formula is C12H16N4. The highest BCUT2D eigenvalue weighted by Gasteiger charge is 2.12. The maximum absolute atomic E-state index is 8.38. The number of anilines is 1. The maximum atomic E-state index is 8.38. The van der Waals surface area contributed by atoms with Gasteiger partial charge in [0.15, 0.2) is 0 Å². The van der Waals surface area contributed by atoms with Crippen molar-refractivity contribution in [1.82, 2.24) is 0 Å². The second-order valence-corrected chi connectivity index (χ2v) is 4.21. The van der Waals surface area contributed by atoms with Crippen molar-refractivity contribution in [3.8, 4) is 0 Å². The first-order valence-electron chi connectivity index (χ1n) is 5.72. The average Bonchev–Trinajstić information content (AvgIpc) is 2.31. The minimum Gasteiger partial charge on any atom is -0.371 e. The van der Waals surface area contributed by atoms with Crippen molar-refractivity contribution in [2.75, 3.05) is 18.0 Å². The summed E-state index contributed by atoms with van der Waals surface area (Å²) in [5, 5.41) is 3.62. The van der Waals surface area contributed by atoms with Crippen LogP contribution in [0.1, 0.15) is 24.8 Å². The van der Waals surface area contributed by atoms with E-state index in [9.17, 15) is 0 Å². The maximum Gasteiger partial charge on any atom is 0.0396 e. The Kier molecular flexibility index (Phi) is 3.32. The molecule has 1 aromatic rings. The molecule has 0 aliphatic carbocycles. The fourth-order valence-electron chi connectivity index (χ4n) is 2.24. The number of piperidine rings is 1. The molecule has 0 bridgehead atoms. The molecule has 4 nitrogen and oxygen atoms in total. The lowest BCUT2D eigenvalue weighted by Gasteiger charge is -2.30. The normalized spacial score (nSPS) is 15.7. The highest BCUT2D eigenvalue weighted by molar-refractivity contribution is 5.59. The van der Waals surface area contributed by atoms with E-state index in [1.165, 1.54) is 30.5 Å². The van der Waals surface area contributed by atoms with Crippen LogP contribution in [0.15, 0.2) is 23.3 Å². The van der Waals surface area contributed by atoms with E-state index in [1.807, 2.05) is 12.1 Å². The molecule has 2 rings (SSSR count). The van der Waals surface area contributed by atoms with Crippen LogP contribution in [0.25, 0.3) is 10.4 Å². The van der Waals surface area contributed by atoms with Gasteiger partial charge in [0.1, 0.15) is 0 Å². The Morgan fingerprint density at radius 2 is 2.00 bits per heavy atom. The zero-order chi connectivity index (χ0) is 11.4. The van der Waals surface area contributed by atoms with Crippen LogP contribution in [-0.4, -0.2) is 13.1 Å². The van der Waals surface area contributed by atoms with Crippen LogP contribution in [0.4, 0.5) is 11.4 Å². The van der Waals surface area contributed by atoms with E-state index in [2.05, 4.69) is 27.9 Å². The molecular weight excluding hydrogens is 200 g/mol. The van der Waals surface area contributed by atoms with Gasteiger partial charge in [-0.3, -0.25) is 0 Å². The Morgan fingerprint density at radius 1 is 1.25 bits per heavy atom. The smallest absolute Gasteiger partial charge is 0.0396 e. The van der Waals surface area contributed by atoms with Crippen LogP contribution in [0.5, 0.6) is 0 Å². The summed E-state index contributed by atoms with van der Waals surface area (Å²) in [6, 6.07) is 5.89. The van der Waals surface area contributed by atoms with E-state index in [1.54, 1.807) is 0 Å². The molecule has 0 radical (unpaired) electrons. The molecule has 0 unspecified atom stereocenters. The Bertz CT molecular complexity index is 415. The predicted molar refractivity (Wildman–Crippen MR) is 66.0 cm³/mol. The van der Waals surface area contributed by atoms with Gasteiger partial charge in [0, 0.05) is 29.4 Å². The Balaban J connectivity index is 2.24. The van der Waals surface area contributed by atoms with Crippen molar-refractivity contribution in [2.24, 2.45) is 5.11 Å². The van der Waals surface area contributed by atoms with Gasteiger partial charge in [-0.05, 0) is 49.4 Å². The van der Waals surface area contributed by atoms with E-state index in [0.717, 1.165) is 13.1 Å². The predicted octanol–water partition coefficient (Wildman–Crippen LogP) is 3.93. The monoisotopic (exact) mass is 216 g/mol. The number of azide groups is 1. The first-order valence-corrected chi connectivity index (χ1v) is 5.72. The fourth-order valence-corrected chi connectivity index (χ4v) is 2.24. The Hall–Kier alpha value is -1.67. The highest BCUT2D eigenvalue weighted by Crippen LogP contribution is 2.27. The molecule has 16 heavy (non-hydrogen) atoms. The first kappa shape index (κ1) is 10.8. The lowest BCUT2D eigenvalue weighted by Crippen LogP contribution is -2.29. The van der Waals surface area contributed by atoms with Crippen LogP contribution in [0.2, 0.25) is 0 Å². The topological polar surface area (TPSA) is 52.0 Å². The summed E-state index contributed by atoms with van der Waals surface area (Å²) in [7, 11) is 0. The molecule has 1 aliphatic heterocycles. The minimum absolute atomic E-state index is 0.695. The third-order valence-electron chi connectivity index (χ3n) is 3.04. The molecule has 84 valence electrons. The summed E-state index contributed by atoms with van der Waals surface area (Å²) in [6.45, 7) is 4.35. The van der Waals surface area contributed by atoms with E-state index in [0.29, 0.717) is 5.69 Å². The van der Waals surface area contributed by atoms with Gasteiger partial charge in [0.05, 0.1) is 0 Å². The molecule has 0 amide bonds. The van der Waals surface area contributed by atoms with Gasteiger partial charge in [-0.15, -0.1) is 0 Å². The summed E-state index contributed by atoms with van der Waals surface area (Å²) in [6.07, 6.45) is 3.89. The van der Waals surface area contributed by atoms with Gasteiger partial charge in [0.2, 0.25) is 0 Å². The molecule has 1 aliphatic rings. The summed E-state index contributed by atoms with van der Waals surface area (Å²) in [5.74, 6) is 0. The minimum atomic E-state index is 0.695. The Morgan fingerprint density at radius 3 is 2.62 bits per heavy atom. The molecule has 1 fully saturated rings. The molecule has 0 N–H and O–H groups in total. The molecule has 1 saturated heterocycles. The lowest BCUT2D eigenvalue weighted by molar-refractivity contribution is 0.577. The van der Waals surface area contributed by atoms with Gasteiger partial charge in [0.25, 0.3) is 0 Å². The third-order valence-corrected chi connectivity index (χ3v) is 3.04. The molecule has 0 spiro atoms. The van der Waals surface area contributed by atoms with E-state index >= 15 is 0 Å². The van der Waals surface area contributed by atoms with Crippen molar-refractivity contribution in [3.05, 3.63) is 34.2 Å². The number of nitrogens with zero attached hydrogens (tertiary/aromatic N) is 4. The van der Waals surface area contributed by atoms with E-state index in [4.69, 9.17) is 5.53 Å². The summed E-state index contributed by atoms with van der Waals surface area (Å²) in [4.78, 5) is 5.22. The molecule has 0 atom stereocenters. The second-order valence-electron chi connectivity index (χ2n) is 4.21. The van der Waals surface area contributed by atoms with Crippen LogP contribution in [-0.2, 0) is 0 Å². The van der Waals surface area contributed by atoms with Gasteiger partial charge in [-0.2, -0.15) is 0 Å². The van der Waals surface area contributed by atoms with E-state index in [-0.39, 0.29) is 0 Å². The lowest BCUT2D eigenvalue weighted by atomic mass is 10.1. The number of rotatable bonds is 2. The van der Waals surface area contributed by atoms with Crippen molar-refractivity contribution in [1.29, 1.82) is 0 Å². The van der Waals surface area contributed by atoms with Gasteiger partial charge < -0.3 is 4.90 Å². The van der Waals surface area contributed by atoms with Crippen LogP contribution in [0, 0.1) is 6.92 Å². The number of aryl methyl sites for hydroxylation is 1. The average molecular weight is 216 g/mol. The third kappa shape index (κ3) is 2.28. The molecule has 1 heterocycles. The molecule has 4 heteroatoms. The van der Waals surface area contributed by atoms with Crippen molar-refractivity contribution in [3.63, 3.8) is 0 Å². The second kappa shape index (κ2) is 4.90. The fraction of sp³-hybridized carbons (Fsp3) is 0.500. The van der Waals surface area contributed by atoms with Crippen LogP contribution < -0.4 is 4.90 Å². The SMILES string of the molecule is Cc1cc(N=[N+]=[N-])ccc1N1CCCCC1.